The Labute approximate surface area is 111 Å². The first kappa shape index (κ1) is 14.0. The van der Waals surface area contributed by atoms with Crippen LogP contribution in [0, 0.1) is 17.8 Å². The third-order valence-electron chi connectivity index (χ3n) is 4.21. The first-order chi connectivity index (χ1) is 8.93. The van der Waals surface area contributed by atoms with Gasteiger partial charge in [0, 0.05) is 0 Å². The van der Waals surface area contributed by atoms with Crippen molar-refractivity contribution >= 4 is 17.8 Å². The Morgan fingerprint density at radius 3 is 2.26 bits per heavy atom. The first-order valence-corrected chi connectivity index (χ1v) is 6.69. The molecule has 3 atom stereocenters. The molecular weight excluding hydrogens is 250 g/mol. The van der Waals surface area contributed by atoms with Crippen LogP contribution in [0.15, 0.2) is 0 Å². The van der Waals surface area contributed by atoms with Gasteiger partial charge in [0.25, 0.3) is 0 Å². The van der Waals surface area contributed by atoms with Crippen LogP contribution < -0.4 is 0 Å². The predicted octanol–water partition coefficient (Wildman–Crippen LogP) is 0.243. The fourth-order valence-electron chi connectivity index (χ4n) is 3.19. The minimum atomic E-state index is -1.19. The molecule has 106 valence electrons. The van der Waals surface area contributed by atoms with Crippen molar-refractivity contribution in [3.05, 3.63) is 0 Å². The summed E-state index contributed by atoms with van der Waals surface area (Å²) >= 11 is 0. The first-order valence-electron chi connectivity index (χ1n) is 6.69. The van der Waals surface area contributed by atoms with Crippen molar-refractivity contribution in [1.29, 1.82) is 0 Å². The number of carbonyl (C=O) groups excluding carboxylic acids is 2. The molecular formula is C13H19NO5. The Morgan fingerprint density at radius 2 is 1.84 bits per heavy atom. The summed E-state index contributed by atoms with van der Waals surface area (Å²) < 4.78 is 0. The van der Waals surface area contributed by atoms with E-state index in [0.717, 1.165) is 24.2 Å². The lowest BCUT2D eigenvalue weighted by Gasteiger charge is -2.19. The Morgan fingerprint density at radius 1 is 1.32 bits per heavy atom. The fraction of sp³-hybridized carbons (Fsp3) is 0.769. The highest BCUT2D eigenvalue weighted by molar-refractivity contribution is 6.05. The zero-order chi connectivity index (χ0) is 14.2. The number of imide groups is 1. The van der Waals surface area contributed by atoms with Crippen LogP contribution in [0.1, 0.15) is 32.6 Å². The lowest BCUT2D eigenvalue weighted by atomic mass is 10.00. The highest BCUT2D eigenvalue weighted by Crippen LogP contribution is 2.44. The van der Waals surface area contributed by atoms with Gasteiger partial charge in [-0.15, -0.1) is 0 Å². The molecule has 2 rings (SSSR count). The van der Waals surface area contributed by atoms with E-state index in [0.29, 0.717) is 5.92 Å². The smallest absolute Gasteiger partial charge is 0.306 e. The number of aliphatic carboxylic acids is 1. The number of likely N-dealkylation sites (tertiary alicyclic amines) is 1. The number of β-amino-alcohol motifs (C(OH)–C–C–N with tert-alkyl or cyclic N) is 1. The molecule has 0 spiro atoms. The number of carboxylic acids is 1. The van der Waals surface area contributed by atoms with Crippen LogP contribution >= 0.6 is 0 Å². The summed E-state index contributed by atoms with van der Waals surface area (Å²) in [5, 5.41) is 18.1. The van der Waals surface area contributed by atoms with Crippen molar-refractivity contribution in [2.75, 3.05) is 6.54 Å². The molecule has 1 aliphatic carbocycles. The normalized spacial score (nSPS) is 31.7. The number of fused-ring (bicyclic) bond motifs is 1. The molecule has 2 aliphatic rings. The van der Waals surface area contributed by atoms with E-state index < -0.39 is 18.5 Å². The number of aliphatic hydroxyl groups is 1. The van der Waals surface area contributed by atoms with Gasteiger partial charge in [0.15, 0.2) is 0 Å². The number of amides is 2. The average molecular weight is 269 g/mol. The van der Waals surface area contributed by atoms with Crippen molar-refractivity contribution in [3.63, 3.8) is 0 Å². The number of carboxylic acid groups (broad SMARTS) is 1. The molecule has 3 unspecified atom stereocenters. The number of nitrogens with zero attached hydrogens (tertiary/aromatic N) is 1. The van der Waals surface area contributed by atoms with Gasteiger partial charge in [0.05, 0.1) is 30.9 Å². The van der Waals surface area contributed by atoms with Gasteiger partial charge in [-0.25, -0.2) is 0 Å². The van der Waals surface area contributed by atoms with Crippen LogP contribution in [0.3, 0.4) is 0 Å². The van der Waals surface area contributed by atoms with E-state index in [1.54, 1.807) is 0 Å². The molecule has 1 saturated carbocycles. The second-order valence-corrected chi connectivity index (χ2v) is 5.50. The maximum atomic E-state index is 12.1. The summed E-state index contributed by atoms with van der Waals surface area (Å²) in [5.41, 5.74) is 0. The van der Waals surface area contributed by atoms with E-state index >= 15 is 0 Å². The van der Waals surface area contributed by atoms with Gasteiger partial charge in [0.1, 0.15) is 0 Å². The molecule has 0 aromatic rings. The summed E-state index contributed by atoms with van der Waals surface area (Å²) in [4.78, 5) is 35.8. The third-order valence-corrected chi connectivity index (χ3v) is 4.21. The van der Waals surface area contributed by atoms with Gasteiger partial charge in [-0.3, -0.25) is 19.3 Å². The molecule has 1 aliphatic heterocycles. The van der Waals surface area contributed by atoms with Crippen LogP contribution in [-0.2, 0) is 14.4 Å². The molecule has 2 fully saturated rings. The summed E-state index contributed by atoms with van der Waals surface area (Å²) in [5.74, 6) is -1.71. The number of hydrogen-bond donors (Lipinski definition) is 2. The van der Waals surface area contributed by atoms with Gasteiger partial charge in [-0.2, -0.15) is 0 Å². The second-order valence-electron chi connectivity index (χ2n) is 5.50. The largest absolute Gasteiger partial charge is 0.481 e. The van der Waals surface area contributed by atoms with Gasteiger partial charge in [-0.1, -0.05) is 13.3 Å². The minimum Gasteiger partial charge on any atom is -0.481 e. The summed E-state index contributed by atoms with van der Waals surface area (Å²) in [6.45, 7) is 1.85. The molecule has 2 amide bonds. The minimum absolute atomic E-state index is 0.201. The number of rotatable bonds is 5. The van der Waals surface area contributed by atoms with Crippen molar-refractivity contribution in [1.82, 2.24) is 4.90 Å². The van der Waals surface area contributed by atoms with Crippen LogP contribution in [-0.4, -0.2) is 45.5 Å². The lowest BCUT2D eigenvalue weighted by molar-refractivity contribution is -0.146. The number of hydrogen-bond acceptors (Lipinski definition) is 4. The molecule has 1 saturated heterocycles. The summed E-state index contributed by atoms with van der Waals surface area (Å²) in [6.07, 6.45) is 0.791. The molecule has 6 heteroatoms. The highest BCUT2D eigenvalue weighted by Gasteiger charge is 2.52. The molecule has 1 heterocycles. The molecule has 0 bridgehead atoms. The van der Waals surface area contributed by atoms with Crippen LogP contribution in [0.25, 0.3) is 0 Å². The topological polar surface area (TPSA) is 94.9 Å². The average Bonchev–Trinajstić information content (AvgIpc) is 2.84. The Balaban J connectivity index is 2.00. The second kappa shape index (κ2) is 5.28. The van der Waals surface area contributed by atoms with E-state index in [2.05, 4.69) is 6.92 Å². The monoisotopic (exact) mass is 269 g/mol. The Hall–Kier alpha value is -1.43. The predicted molar refractivity (Wildman–Crippen MR) is 65.0 cm³/mol. The van der Waals surface area contributed by atoms with Crippen molar-refractivity contribution in [2.24, 2.45) is 17.8 Å². The molecule has 0 radical (unpaired) electrons. The zero-order valence-corrected chi connectivity index (χ0v) is 10.9. The van der Waals surface area contributed by atoms with Gasteiger partial charge < -0.3 is 10.2 Å². The zero-order valence-electron chi connectivity index (χ0n) is 10.9. The molecule has 0 aromatic carbocycles. The highest BCUT2D eigenvalue weighted by atomic mass is 16.4. The quantitative estimate of drug-likeness (QED) is 0.697. The maximum Gasteiger partial charge on any atom is 0.306 e. The standard InChI is InChI=1S/C13H19NO5/c1-2-7-3-9-10(4-7)13(19)14(12(9)18)6-8(15)5-11(16)17/h7-10,15H,2-6H2,1H3,(H,16,17). The van der Waals surface area contributed by atoms with Gasteiger partial charge in [0.2, 0.25) is 11.8 Å². The van der Waals surface area contributed by atoms with Crippen molar-refractivity contribution in [2.45, 2.75) is 38.7 Å². The lowest BCUT2D eigenvalue weighted by Crippen LogP contribution is -2.39. The summed E-state index contributed by atoms with van der Waals surface area (Å²) in [6, 6.07) is 0. The molecule has 0 aromatic heterocycles. The van der Waals surface area contributed by atoms with E-state index in [1.165, 1.54) is 0 Å². The SMILES string of the molecule is CCC1CC2C(=O)N(CC(O)CC(=O)O)C(=O)C2C1. The van der Waals surface area contributed by atoms with Gasteiger partial charge >= 0.3 is 5.97 Å². The van der Waals surface area contributed by atoms with E-state index in [9.17, 15) is 19.5 Å². The van der Waals surface area contributed by atoms with E-state index in [4.69, 9.17) is 5.11 Å². The van der Waals surface area contributed by atoms with Crippen LogP contribution in [0.4, 0.5) is 0 Å². The summed E-state index contributed by atoms with van der Waals surface area (Å²) in [7, 11) is 0. The number of aliphatic hydroxyl groups excluding tert-OH is 1. The Kier molecular flexibility index (Phi) is 3.89. The van der Waals surface area contributed by atoms with Crippen molar-refractivity contribution in [3.8, 4) is 0 Å². The Bertz CT molecular complexity index is 384. The van der Waals surface area contributed by atoms with E-state index in [1.807, 2.05) is 0 Å². The van der Waals surface area contributed by atoms with Crippen LogP contribution in [0.5, 0.6) is 0 Å². The maximum absolute atomic E-state index is 12.1. The van der Waals surface area contributed by atoms with Gasteiger partial charge in [-0.05, 0) is 18.8 Å². The number of carbonyl (C=O) groups is 3. The molecule has 6 nitrogen and oxygen atoms in total. The van der Waals surface area contributed by atoms with E-state index in [-0.39, 0.29) is 30.2 Å². The molecule has 19 heavy (non-hydrogen) atoms. The third kappa shape index (κ3) is 2.63. The van der Waals surface area contributed by atoms with Crippen molar-refractivity contribution < 1.29 is 24.6 Å². The van der Waals surface area contributed by atoms with Crippen LogP contribution in [0.2, 0.25) is 0 Å². The molecule has 2 N–H and O–H groups in total. The fourth-order valence-corrected chi connectivity index (χ4v) is 3.19.